The van der Waals surface area contributed by atoms with Gasteiger partial charge in [-0.1, -0.05) is 36.4 Å². The number of nitrogens with one attached hydrogen (secondary N) is 1. The molecular formula is C25H26F3NO9S. The van der Waals surface area contributed by atoms with Crippen LogP contribution in [0.25, 0.3) is 0 Å². The molecule has 5 atom stereocenters. The van der Waals surface area contributed by atoms with Crippen LogP contribution < -0.4 is 5.32 Å². The van der Waals surface area contributed by atoms with E-state index in [9.17, 15) is 36.3 Å². The van der Waals surface area contributed by atoms with Crippen LogP contribution in [0.2, 0.25) is 0 Å². The largest absolute Gasteiger partial charge is 0.471 e. The van der Waals surface area contributed by atoms with Crippen molar-refractivity contribution < 1.29 is 55.2 Å². The number of rotatable bonds is 7. The van der Waals surface area contributed by atoms with Crippen molar-refractivity contribution >= 4 is 21.7 Å². The third-order valence-electron chi connectivity index (χ3n) is 6.32. The fourth-order valence-corrected chi connectivity index (χ4v) is 6.33. The molecule has 0 unspecified atom stereocenters. The second-order valence-corrected chi connectivity index (χ2v) is 11.7. The van der Waals surface area contributed by atoms with E-state index in [-0.39, 0.29) is 11.1 Å². The van der Waals surface area contributed by atoms with E-state index in [1.165, 1.54) is 69.3 Å². The Morgan fingerprint density at radius 3 is 2.28 bits per heavy atom. The monoisotopic (exact) mass is 573 g/mol. The van der Waals surface area contributed by atoms with E-state index in [0.717, 1.165) is 0 Å². The van der Waals surface area contributed by atoms with Crippen LogP contribution in [-0.2, 0) is 33.6 Å². The first kappa shape index (κ1) is 29.0. The fourth-order valence-electron chi connectivity index (χ4n) is 4.47. The number of carbonyl (C=O) groups excluding carboxylic acids is 2. The molecule has 10 nitrogen and oxygen atoms in total. The molecule has 39 heavy (non-hydrogen) atoms. The molecule has 0 aliphatic carbocycles. The standard InChI is InChI=1S/C25H26F3NO9S/c1-14-9-7-8-12-16(14)39(33,34)24(32,13-35-20(30)15-10-5-4-6-11-15)19-17(29-22(31)25(26,27)28)18-21(36-19)38-23(2,3)37-18/h4-12,17-19,21,32H,13H2,1-3H3,(H,29,31)/t17-,18+,19-,21+,24-/m0/s1. The molecule has 212 valence electrons. The predicted octanol–water partition coefficient (Wildman–Crippen LogP) is 2.24. The van der Waals surface area contributed by atoms with Crippen LogP contribution in [0.4, 0.5) is 13.2 Å². The Morgan fingerprint density at radius 2 is 1.67 bits per heavy atom. The van der Waals surface area contributed by atoms with Crippen LogP contribution in [0.15, 0.2) is 59.5 Å². The second-order valence-electron chi connectivity index (χ2n) is 9.58. The Balaban J connectivity index is 1.79. The van der Waals surface area contributed by atoms with Gasteiger partial charge >= 0.3 is 18.1 Å². The van der Waals surface area contributed by atoms with E-state index >= 15 is 0 Å². The first-order valence-electron chi connectivity index (χ1n) is 11.7. The average molecular weight is 574 g/mol. The van der Waals surface area contributed by atoms with Gasteiger partial charge in [-0.15, -0.1) is 0 Å². The molecule has 2 heterocycles. The first-order valence-corrected chi connectivity index (χ1v) is 13.2. The van der Waals surface area contributed by atoms with Gasteiger partial charge in [-0.25, -0.2) is 13.2 Å². The van der Waals surface area contributed by atoms with Crippen LogP contribution >= 0.6 is 0 Å². The van der Waals surface area contributed by atoms with Gasteiger partial charge in [0.2, 0.25) is 14.8 Å². The zero-order valence-corrected chi connectivity index (χ0v) is 21.8. The molecule has 2 fully saturated rings. The number of aliphatic hydroxyl groups is 1. The van der Waals surface area contributed by atoms with E-state index in [4.69, 9.17) is 18.9 Å². The molecule has 0 radical (unpaired) electrons. The van der Waals surface area contributed by atoms with Crippen molar-refractivity contribution in [3.05, 3.63) is 65.7 Å². The molecule has 2 aromatic carbocycles. The van der Waals surface area contributed by atoms with Crippen LogP contribution in [0, 0.1) is 6.92 Å². The maximum atomic E-state index is 13.9. The molecule has 2 aliphatic heterocycles. The smallest absolute Gasteiger partial charge is 0.458 e. The summed E-state index contributed by atoms with van der Waals surface area (Å²) in [6.45, 7) is 3.04. The van der Waals surface area contributed by atoms with E-state index in [1.54, 1.807) is 11.4 Å². The minimum absolute atomic E-state index is 0.0210. The quantitative estimate of drug-likeness (QED) is 0.478. The summed E-state index contributed by atoms with van der Waals surface area (Å²) in [6, 6.07) is 11.1. The number of hydrogen-bond donors (Lipinski definition) is 2. The van der Waals surface area contributed by atoms with Crippen molar-refractivity contribution in [1.29, 1.82) is 0 Å². The predicted molar refractivity (Wildman–Crippen MR) is 127 cm³/mol. The minimum atomic E-state index is -5.36. The number of carbonyl (C=O) groups is 2. The Kier molecular flexibility index (Phi) is 7.55. The SMILES string of the molecule is Cc1ccccc1S(=O)(=O)[C@@](O)(COC(=O)c1ccccc1)[C@H]1O[C@@H]2OC(C)(C)O[C@@H]2[C@@H]1NC(=O)C(F)(F)F. The minimum Gasteiger partial charge on any atom is -0.458 e. The maximum absolute atomic E-state index is 13.9. The summed E-state index contributed by atoms with van der Waals surface area (Å²) in [5.41, 5.74) is 0.209. The third kappa shape index (κ3) is 5.52. The van der Waals surface area contributed by atoms with Crippen LogP contribution in [0.1, 0.15) is 29.8 Å². The Morgan fingerprint density at radius 1 is 1.05 bits per heavy atom. The number of esters is 1. The van der Waals surface area contributed by atoms with Gasteiger partial charge in [0, 0.05) is 0 Å². The molecule has 4 rings (SSSR count). The highest BCUT2D eigenvalue weighted by Crippen LogP contribution is 2.44. The molecule has 14 heteroatoms. The summed E-state index contributed by atoms with van der Waals surface area (Å²) in [7, 11) is -4.95. The van der Waals surface area contributed by atoms with Crippen molar-refractivity contribution in [3.63, 3.8) is 0 Å². The lowest BCUT2D eigenvalue weighted by molar-refractivity contribution is -0.224. The Hall–Kier alpha value is -3.04. The lowest BCUT2D eigenvalue weighted by atomic mass is 10.0. The summed E-state index contributed by atoms with van der Waals surface area (Å²) in [4.78, 5) is 21.0. The zero-order valence-electron chi connectivity index (χ0n) is 21.0. The van der Waals surface area contributed by atoms with Crippen molar-refractivity contribution in [2.45, 2.75) is 67.1 Å². The van der Waals surface area contributed by atoms with Gasteiger partial charge in [0.15, 0.2) is 12.1 Å². The van der Waals surface area contributed by atoms with Gasteiger partial charge in [0.25, 0.3) is 0 Å². The highest BCUT2D eigenvalue weighted by Gasteiger charge is 2.66. The van der Waals surface area contributed by atoms with Crippen LogP contribution in [0.5, 0.6) is 0 Å². The van der Waals surface area contributed by atoms with Gasteiger partial charge < -0.3 is 29.4 Å². The number of ether oxygens (including phenoxy) is 4. The van der Waals surface area contributed by atoms with E-state index < -0.39 is 74.7 Å². The Bertz CT molecular complexity index is 1350. The highest BCUT2D eigenvalue weighted by atomic mass is 32.2. The fraction of sp³-hybridized carbons (Fsp3) is 0.440. The number of hydrogen-bond acceptors (Lipinski definition) is 9. The van der Waals surface area contributed by atoms with Crippen molar-refractivity contribution in [2.75, 3.05) is 6.61 Å². The van der Waals surface area contributed by atoms with Gasteiger partial charge in [0.1, 0.15) is 18.8 Å². The molecule has 0 spiro atoms. The molecule has 2 saturated heterocycles. The van der Waals surface area contributed by atoms with Crippen LogP contribution in [-0.4, -0.2) is 73.4 Å². The van der Waals surface area contributed by atoms with Gasteiger partial charge in [0.05, 0.1) is 16.5 Å². The number of benzene rings is 2. The second kappa shape index (κ2) is 10.2. The molecule has 2 aliphatic rings. The van der Waals surface area contributed by atoms with Crippen molar-refractivity contribution in [2.24, 2.45) is 0 Å². The lowest BCUT2D eigenvalue weighted by Gasteiger charge is -2.37. The average Bonchev–Trinajstić information content (AvgIpc) is 3.34. The van der Waals surface area contributed by atoms with E-state index in [2.05, 4.69) is 0 Å². The maximum Gasteiger partial charge on any atom is 0.471 e. The number of aryl methyl sites for hydroxylation is 1. The molecule has 2 N–H and O–H groups in total. The highest BCUT2D eigenvalue weighted by molar-refractivity contribution is 7.92. The van der Waals surface area contributed by atoms with Crippen molar-refractivity contribution in [1.82, 2.24) is 5.32 Å². The number of halogens is 3. The van der Waals surface area contributed by atoms with E-state index in [0.29, 0.717) is 0 Å². The zero-order chi connectivity index (χ0) is 28.8. The van der Waals surface area contributed by atoms with Gasteiger partial charge in [-0.05, 0) is 44.5 Å². The van der Waals surface area contributed by atoms with Gasteiger partial charge in [-0.3, -0.25) is 4.79 Å². The summed E-state index contributed by atoms with van der Waals surface area (Å²) >= 11 is 0. The molecule has 0 aromatic heterocycles. The van der Waals surface area contributed by atoms with E-state index in [1.807, 2.05) is 0 Å². The van der Waals surface area contributed by atoms with Gasteiger partial charge in [-0.2, -0.15) is 13.2 Å². The number of alkyl halides is 3. The first-order chi connectivity index (χ1) is 18.1. The molecule has 2 aromatic rings. The number of amides is 1. The number of fused-ring (bicyclic) bond motifs is 1. The molecule has 1 amide bonds. The third-order valence-corrected chi connectivity index (χ3v) is 8.63. The topological polar surface area (TPSA) is 137 Å². The molecule has 0 bridgehead atoms. The Labute approximate surface area is 221 Å². The number of sulfone groups is 1. The summed E-state index contributed by atoms with van der Waals surface area (Å²) in [5.74, 6) is -4.81. The molecular weight excluding hydrogens is 547 g/mol. The summed E-state index contributed by atoms with van der Waals surface area (Å²) in [6.07, 6.45) is -10.4. The lowest BCUT2D eigenvalue weighted by Crippen LogP contribution is -2.63. The normalized spacial score (nSPS) is 25.9. The van der Waals surface area contributed by atoms with Crippen LogP contribution in [0.3, 0.4) is 0 Å². The molecule has 0 saturated carbocycles. The summed E-state index contributed by atoms with van der Waals surface area (Å²) < 4.78 is 89.6. The summed E-state index contributed by atoms with van der Waals surface area (Å²) in [5, 5.41) is 13.5. The van der Waals surface area contributed by atoms with Crippen molar-refractivity contribution in [3.8, 4) is 0 Å².